The molecule has 3 nitrogen and oxygen atoms in total. The van der Waals surface area contributed by atoms with Gasteiger partial charge in [0.05, 0.1) is 0 Å². The van der Waals surface area contributed by atoms with Crippen LogP contribution in [0.15, 0.2) is 22.5 Å². The lowest BCUT2D eigenvalue weighted by Gasteiger charge is -2.39. The standard InChI is InChI=1S/C16H27N3S2.HI/c1-13(10-14-6-5-8-20-14)11-18-15(17-4)19-7-9-21-16(2,3)12-19;/h5-6,8,13H,7,9-12H2,1-4H3,(H,17,18);1H. The Balaban J connectivity index is 0.00000242. The molecule has 1 saturated heterocycles. The molecule has 1 unspecified atom stereocenters. The normalized spacial score (nSPS) is 19.5. The van der Waals surface area contributed by atoms with E-state index < -0.39 is 0 Å². The van der Waals surface area contributed by atoms with Crippen molar-refractivity contribution in [2.24, 2.45) is 10.9 Å². The number of nitrogens with one attached hydrogen (secondary N) is 1. The lowest BCUT2D eigenvalue weighted by Crippen LogP contribution is -2.51. The number of hydrogen-bond donors (Lipinski definition) is 1. The minimum atomic E-state index is 0. The maximum Gasteiger partial charge on any atom is 0.193 e. The van der Waals surface area contributed by atoms with Gasteiger partial charge in [-0.3, -0.25) is 4.99 Å². The van der Waals surface area contributed by atoms with Gasteiger partial charge in [-0.05, 0) is 37.6 Å². The van der Waals surface area contributed by atoms with Crippen molar-refractivity contribution >= 4 is 53.0 Å². The third kappa shape index (κ3) is 6.28. The van der Waals surface area contributed by atoms with Crippen molar-refractivity contribution in [3.05, 3.63) is 22.4 Å². The molecular weight excluding hydrogens is 425 g/mol. The smallest absolute Gasteiger partial charge is 0.193 e. The van der Waals surface area contributed by atoms with Crippen molar-refractivity contribution in [1.82, 2.24) is 10.2 Å². The van der Waals surface area contributed by atoms with E-state index in [9.17, 15) is 0 Å². The third-order valence-electron chi connectivity index (χ3n) is 3.68. The zero-order valence-electron chi connectivity index (χ0n) is 14.0. The highest BCUT2D eigenvalue weighted by molar-refractivity contribution is 14.0. The Bertz CT molecular complexity index is 460. The molecule has 1 atom stereocenters. The fourth-order valence-electron chi connectivity index (χ4n) is 2.64. The molecule has 0 aromatic carbocycles. The Morgan fingerprint density at radius 2 is 2.27 bits per heavy atom. The van der Waals surface area contributed by atoms with Crippen molar-refractivity contribution in [2.45, 2.75) is 31.9 Å². The van der Waals surface area contributed by atoms with Crippen LogP contribution in [0.3, 0.4) is 0 Å². The van der Waals surface area contributed by atoms with Crippen molar-refractivity contribution in [3.8, 4) is 0 Å². The highest BCUT2D eigenvalue weighted by Crippen LogP contribution is 2.29. The SMILES string of the molecule is CN=C(NCC(C)Cc1cccs1)N1CCSC(C)(C)C1.I. The number of nitrogens with zero attached hydrogens (tertiary/aromatic N) is 2. The summed E-state index contributed by atoms with van der Waals surface area (Å²) in [5.41, 5.74) is 0. The van der Waals surface area contributed by atoms with E-state index in [-0.39, 0.29) is 24.0 Å². The molecule has 1 aliphatic rings. The molecule has 0 spiro atoms. The van der Waals surface area contributed by atoms with Crippen LogP contribution >= 0.6 is 47.1 Å². The Hall–Kier alpha value is 0.0500. The van der Waals surface area contributed by atoms with Gasteiger partial charge in [-0.15, -0.1) is 35.3 Å². The van der Waals surface area contributed by atoms with E-state index in [4.69, 9.17) is 0 Å². The predicted molar refractivity (Wildman–Crippen MR) is 112 cm³/mol. The molecule has 6 heteroatoms. The van der Waals surface area contributed by atoms with Gasteiger partial charge in [-0.1, -0.05) is 13.0 Å². The summed E-state index contributed by atoms with van der Waals surface area (Å²) in [6.07, 6.45) is 1.14. The minimum Gasteiger partial charge on any atom is -0.356 e. The van der Waals surface area contributed by atoms with Gasteiger partial charge in [-0.2, -0.15) is 11.8 Å². The van der Waals surface area contributed by atoms with Gasteiger partial charge in [0.1, 0.15) is 0 Å². The molecule has 0 aliphatic carbocycles. The second-order valence-corrected chi connectivity index (χ2v) is 9.18. The van der Waals surface area contributed by atoms with Crippen LogP contribution in [0.2, 0.25) is 0 Å². The molecule has 126 valence electrons. The van der Waals surface area contributed by atoms with E-state index in [0.29, 0.717) is 10.7 Å². The zero-order valence-corrected chi connectivity index (χ0v) is 17.9. The first kappa shape index (κ1) is 20.1. The second-order valence-electron chi connectivity index (χ2n) is 6.35. The largest absolute Gasteiger partial charge is 0.356 e. The summed E-state index contributed by atoms with van der Waals surface area (Å²) in [6.45, 7) is 10.1. The number of thioether (sulfide) groups is 1. The van der Waals surface area contributed by atoms with Crippen LogP contribution in [0, 0.1) is 5.92 Å². The minimum absolute atomic E-state index is 0. The highest BCUT2D eigenvalue weighted by atomic mass is 127. The number of rotatable bonds is 4. The molecule has 22 heavy (non-hydrogen) atoms. The van der Waals surface area contributed by atoms with Gasteiger partial charge >= 0.3 is 0 Å². The van der Waals surface area contributed by atoms with Crippen molar-refractivity contribution in [2.75, 3.05) is 32.4 Å². The lowest BCUT2D eigenvalue weighted by molar-refractivity contribution is 0.372. The highest BCUT2D eigenvalue weighted by Gasteiger charge is 2.28. The van der Waals surface area contributed by atoms with E-state index in [1.165, 1.54) is 10.6 Å². The molecule has 2 heterocycles. The van der Waals surface area contributed by atoms with Crippen molar-refractivity contribution < 1.29 is 0 Å². The molecule has 1 aliphatic heterocycles. The molecule has 0 saturated carbocycles. The molecule has 0 radical (unpaired) electrons. The van der Waals surface area contributed by atoms with Crippen LogP contribution < -0.4 is 5.32 Å². The maximum absolute atomic E-state index is 4.47. The van der Waals surface area contributed by atoms with E-state index >= 15 is 0 Å². The molecule has 1 N–H and O–H groups in total. The molecular formula is C16H28IN3S2. The van der Waals surface area contributed by atoms with Crippen LogP contribution in [0.25, 0.3) is 0 Å². The Kier molecular flexibility index (Phi) is 8.56. The van der Waals surface area contributed by atoms with E-state index in [0.717, 1.165) is 32.0 Å². The van der Waals surface area contributed by atoms with Gasteiger partial charge < -0.3 is 10.2 Å². The Morgan fingerprint density at radius 1 is 1.50 bits per heavy atom. The van der Waals surface area contributed by atoms with Crippen LogP contribution in [0.5, 0.6) is 0 Å². The first-order valence-corrected chi connectivity index (χ1v) is 9.48. The monoisotopic (exact) mass is 453 g/mol. The molecule has 1 aromatic rings. The Morgan fingerprint density at radius 3 is 2.86 bits per heavy atom. The summed E-state index contributed by atoms with van der Waals surface area (Å²) >= 11 is 3.90. The second kappa shape index (κ2) is 9.37. The predicted octanol–water partition coefficient (Wildman–Crippen LogP) is 3.95. The average Bonchev–Trinajstić information content (AvgIpc) is 2.91. The lowest BCUT2D eigenvalue weighted by atomic mass is 10.1. The third-order valence-corrected chi connectivity index (χ3v) is 5.87. The number of halogens is 1. The molecule has 0 bridgehead atoms. The quantitative estimate of drug-likeness (QED) is 0.425. The molecule has 1 fully saturated rings. The van der Waals surface area contributed by atoms with Crippen LogP contribution in [0.1, 0.15) is 25.6 Å². The van der Waals surface area contributed by atoms with Gasteiger partial charge in [-0.25, -0.2) is 0 Å². The first-order valence-electron chi connectivity index (χ1n) is 7.62. The number of thiophene rings is 1. The maximum atomic E-state index is 4.47. The number of aliphatic imine (C=N–C) groups is 1. The summed E-state index contributed by atoms with van der Waals surface area (Å²) in [7, 11) is 1.89. The summed E-state index contributed by atoms with van der Waals surface area (Å²) in [5, 5.41) is 5.72. The van der Waals surface area contributed by atoms with Crippen molar-refractivity contribution in [1.29, 1.82) is 0 Å². The summed E-state index contributed by atoms with van der Waals surface area (Å²) in [6, 6.07) is 4.35. The molecule has 2 rings (SSSR count). The first-order chi connectivity index (χ1) is 10.00. The topological polar surface area (TPSA) is 27.6 Å². The van der Waals surface area contributed by atoms with Gasteiger partial charge in [0.2, 0.25) is 0 Å². The zero-order chi connectivity index (χ0) is 15.3. The van der Waals surface area contributed by atoms with Gasteiger partial charge in [0.15, 0.2) is 5.96 Å². The fraction of sp³-hybridized carbons (Fsp3) is 0.688. The number of guanidine groups is 1. The van der Waals surface area contributed by atoms with E-state index in [1.54, 1.807) is 0 Å². The summed E-state index contributed by atoms with van der Waals surface area (Å²) < 4.78 is 0.318. The van der Waals surface area contributed by atoms with Crippen LogP contribution in [-0.4, -0.2) is 48.0 Å². The van der Waals surface area contributed by atoms with Crippen LogP contribution in [0.4, 0.5) is 0 Å². The number of hydrogen-bond acceptors (Lipinski definition) is 3. The van der Waals surface area contributed by atoms with Gasteiger partial charge in [0.25, 0.3) is 0 Å². The summed E-state index contributed by atoms with van der Waals surface area (Å²) in [5.74, 6) is 2.85. The van der Waals surface area contributed by atoms with Gasteiger partial charge in [0, 0.05) is 42.1 Å². The molecule has 1 aromatic heterocycles. The van der Waals surface area contributed by atoms with Crippen molar-refractivity contribution in [3.63, 3.8) is 0 Å². The fourth-order valence-corrected chi connectivity index (χ4v) is 4.62. The van der Waals surface area contributed by atoms with E-state index in [1.807, 2.05) is 18.4 Å². The average molecular weight is 453 g/mol. The summed E-state index contributed by atoms with van der Waals surface area (Å²) in [4.78, 5) is 8.34. The Labute approximate surface area is 160 Å². The molecule has 0 amide bonds. The van der Waals surface area contributed by atoms with Crippen LogP contribution in [-0.2, 0) is 6.42 Å². The van der Waals surface area contributed by atoms with E-state index in [2.05, 4.69) is 65.3 Å².